The highest BCUT2D eigenvalue weighted by Gasteiger charge is 2.28. The lowest BCUT2D eigenvalue weighted by Crippen LogP contribution is -2.30. The number of carbonyl (C=O) groups excluding carboxylic acids is 2. The summed E-state index contributed by atoms with van der Waals surface area (Å²) in [5.74, 6) is -0.908. The first-order chi connectivity index (χ1) is 14.7. The average Bonchev–Trinajstić information content (AvgIpc) is 3.36. The zero-order chi connectivity index (χ0) is 22.3. The van der Waals surface area contributed by atoms with Gasteiger partial charge in [0.1, 0.15) is 5.69 Å². The molecule has 162 valence electrons. The van der Waals surface area contributed by atoms with Crippen molar-refractivity contribution in [2.75, 3.05) is 23.2 Å². The number of Topliss-reactive ketones (excluding diaryl/α,β-unsaturated/α-hetero) is 1. The molecule has 0 saturated heterocycles. The van der Waals surface area contributed by atoms with E-state index in [-0.39, 0.29) is 18.1 Å². The number of carbonyl (C=O) groups is 2. The van der Waals surface area contributed by atoms with Crippen molar-refractivity contribution in [2.45, 2.75) is 27.2 Å². The Morgan fingerprint density at radius 3 is 2.65 bits per heavy atom. The minimum absolute atomic E-state index is 0.0237. The SMILES string of the molecule is CCS(=O)(=O)N1CCc2cc(C(=O)COC(=O)c3cc4c(C)cc(C)cc4[nH]3)ccc21. The first-order valence-corrected chi connectivity index (χ1v) is 11.7. The second-order valence-corrected chi connectivity index (χ2v) is 9.97. The maximum Gasteiger partial charge on any atom is 0.355 e. The van der Waals surface area contributed by atoms with Crippen molar-refractivity contribution in [2.24, 2.45) is 0 Å². The molecule has 31 heavy (non-hydrogen) atoms. The van der Waals surface area contributed by atoms with Crippen molar-refractivity contribution in [1.29, 1.82) is 0 Å². The highest BCUT2D eigenvalue weighted by Crippen LogP contribution is 2.31. The molecule has 0 atom stereocenters. The highest BCUT2D eigenvalue weighted by atomic mass is 32.2. The number of ether oxygens (including phenoxy) is 1. The molecule has 0 bridgehead atoms. The zero-order valence-corrected chi connectivity index (χ0v) is 18.5. The maximum atomic E-state index is 12.6. The number of hydrogen-bond acceptors (Lipinski definition) is 5. The number of hydrogen-bond donors (Lipinski definition) is 1. The number of aryl methyl sites for hydroxylation is 2. The van der Waals surface area contributed by atoms with Gasteiger partial charge >= 0.3 is 5.97 Å². The van der Waals surface area contributed by atoms with E-state index < -0.39 is 16.0 Å². The lowest BCUT2D eigenvalue weighted by Gasteiger charge is -2.18. The molecular formula is C23H24N2O5S. The number of ketones is 1. The van der Waals surface area contributed by atoms with Crippen molar-refractivity contribution in [1.82, 2.24) is 4.98 Å². The van der Waals surface area contributed by atoms with Gasteiger partial charge in [-0.1, -0.05) is 6.07 Å². The third-order valence-corrected chi connectivity index (χ3v) is 7.38. The van der Waals surface area contributed by atoms with Crippen LogP contribution in [0.1, 0.15) is 44.5 Å². The summed E-state index contributed by atoms with van der Waals surface area (Å²) in [6, 6.07) is 10.6. The van der Waals surface area contributed by atoms with E-state index in [0.717, 1.165) is 27.6 Å². The molecular weight excluding hydrogens is 416 g/mol. The fourth-order valence-corrected chi connectivity index (χ4v) is 5.15. The molecule has 1 aliphatic rings. The Hall–Kier alpha value is -3.13. The molecule has 1 aromatic heterocycles. The number of aromatic nitrogens is 1. The number of nitrogens with zero attached hydrogens (tertiary/aromatic N) is 1. The monoisotopic (exact) mass is 440 g/mol. The zero-order valence-electron chi connectivity index (χ0n) is 17.7. The van der Waals surface area contributed by atoms with Gasteiger partial charge in [0.05, 0.1) is 11.4 Å². The smallest absolute Gasteiger partial charge is 0.355 e. The van der Waals surface area contributed by atoms with Crippen LogP contribution in [-0.4, -0.2) is 44.1 Å². The standard InChI is InChI=1S/C23H24N2O5S/c1-4-31(28,29)25-8-7-16-11-17(5-6-21(16)25)22(26)13-30-23(27)20-12-18-15(3)9-14(2)10-19(18)24-20/h5-6,9-12,24H,4,7-8,13H2,1-3H3. The van der Waals surface area contributed by atoms with Crippen molar-refractivity contribution >= 4 is 38.4 Å². The predicted octanol–water partition coefficient (Wildman–Crippen LogP) is 3.54. The van der Waals surface area contributed by atoms with Gasteiger partial charge in [-0.15, -0.1) is 0 Å². The summed E-state index contributed by atoms with van der Waals surface area (Å²) >= 11 is 0. The van der Waals surface area contributed by atoms with E-state index in [0.29, 0.717) is 29.9 Å². The average molecular weight is 441 g/mol. The summed E-state index contributed by atoms with van der Waals surface area (Å²) in [4.78, 5) is 28.1. The highest BCUT2D eigenvalue weighted by molar-refractivity contribution is 7.92. The van der Waals surface area contributed by atoms with Gasteiger partial charge in [0.2, 0.25) is 10.0 Å². The number of nitrogens with one attached hydrogen (secondary N) is 1. The van der Waals surface area contributed by atoms with Crippen LogP contribution in [0.3, 0.4) is 0 Å². The summed E-state index contributed by atoms with van der Waals surface area (Å²) in [6.45, 7) is 5.55. The van der Waals surface area contributed by atoms with Crippen LogP contribution >= 0.6 is 0 Å². The molecule has 0 amide bonds. The van der Waals surface area contributed by atoms with Gasteiger partial charge in [-0.25, -0.2) is 13.2 Å². The Kier molecular flexibility index (Phi) is 5.35. The second-order valence-electron chi connectivity index (χ2n) is 7.79. The van der Waals surface area contributed by atoms with E-state index in [1.165, 1.54) is 4.31 Å². The van der Waals surface area contributed by atoms with Gasteiger partial charge in [-0.05, 0) is 74.2 Å². The number of rotatable bonds is 6. The van der Waals surface area contributed by atoms with Gasteiger partial charge in [-0.3, -0.25) is 9.10 Å². The Morgan fingerprint density at radius 1 is 1.13 bits per heavy atom. The minimum Gasteiger partial charge on any atom is -0.453 e. The van der Waals surface area contributed by atoms with Crippen LogP contribution in [-0.2, 0) is 21.2 Å². The number of esters is 1. The normalized spacial score (nSPS) is 13.5. The summed E-state index contributed by atoms with van der Waals surface area (Å²) < 4.78 is 31.0. The number of aromatic amines is 1. The molecule has 4 rings (SSSR count). The molecule has 7 nitrogen and oxygen atoms in total. The first-order valence-electron chi connectivity index (χ1n) is 10.1. The Bertz CT molecular complexity index is 1310. The number of sulfonamides is 1. The van der Waals surface area contributed by atoms with Crippen molar-refractivity contribution in [3.8, 4) is 0 Å². The molecule has 0 aliphatic carbocycles. The van der Waals surface area contributed by atoms with Crippen molar-refractivity contribution < 1.29 is 22.7 Å². The minimum atomic E-state index is -3.34. The van der Waals surface area contributed by atoms with E-state index in [1.54, 1.807) is 31.2 Å². The number of anilines is 1. The van der Waals surface area contributed by atoms with Gasteiger partial charge in [0.25, 0.3) is 0 Å². The number of fused-ring (bicyclic) bond motifs is 2. The van der Waals surface area contributed by atoms with Crippen molar-refractivity contribution in [3.63, 3.8) is 0 Å². The van der Waals surface area contributed by atoms with E-state index >= 15 is 0 Å². The van der Waals surface area contributed by atoms with Crippen LogP contribution in [0.5, 0.6) is 0 Å². The van der Waals surface area contributed by atoms with Crippen LogP contribution in [0, 0.1) is 13.8 Å². The Morgan fingerprint density at radius 2 is 1.90 bits per heavy atom. The second kappa shape index (κ2) is 7.85. The third kappa shape index (κ3) is 3.95. The molecule has 1 aliphatic heterocycles. The molecule has 0 spiro atoms. The van der Waals surface area contributed by atoms with Gasteiger partial charge in [-0.2, -0.15) is 0 Å². The van der Waals surface area contributed by atoms with Gasteiger partial charge in [0, 0.05) is 23.0 Å². The molecule has 0 radical (unpaired) electrons. The molecule has 2 heterocycles. The fraction of sp³-hybridized carbons (Fsp3) is 0.304. The number of H-pyrrole nitrogens is 1. The summed E-state index contributed by atoms with van der Waals surface area (Å²) in [6.07, 6.45) is 0.545. The van der Waals surface area contributed by atoms with E-state index in [2.05, 4.69) is 4.98 Å². The summed E-state index contributed by atoms with van der Waals surface area (Å²) in [5, 5.41) is 0.939. The van der Waals surface area contributed by atoms with Crippen LogP contribution in [0.15, 0.2) is 36.4 Å². The van der Waals surface area contributed by atoms with E-state index in [1.807, 2.05) is 26.0 Å². The molecule has 0 fully saturated rings. The Balaban J connectivity index is 1.46. The van der Waals surface area contributed by atoms with Gasteiger partial charge in [0.15, 0.2) is 12.4 Å². The molecule has 0 saturated carbocycles. The quantitative estimate of drug-likeness (QED) is 0.467. The van der Waals surface area contributed by atoms with Crippen LogP contribution in [0.2, 0.25) is 0 Å². The molecule has 8 heteroatoms. The molecule has 2 aromatic carbocycles. The topological polar surface area (TPSA) is 96.5 Å². The van der Waals surface area contributed by atoms with Crippen LogP contribution < -0.4 is 4.31 Å². The summed E-state index contributed by atoms with van der Waals surface area (Å²) in [5.41, 5.74) is 5.09. The fourth-order valence-electron chi connectivity index (χ4n) is 3.99. The number of benzene rings is 2. The van der Waals surface area contributed by atoms with Crippen LogP contribution in [0.25, 0.3) is 10.9 Å². The van der Waals surface area contributed by atoms with Gasteiger partial charge < -0.3 is 9.72 Å². The third-order valence-electron chi connectivity index (χ3n) is 5.60. The molecule has 0 unspecified atom stereocenters. The maximum absolute atomic E-state index is 12.6. The first kappa shape index (κ1) is 21.1. The lowest BCUT2D eigenvalue weighted by molar-refractivity contribution is 0.0470. The van der Waals surface area contributed by atoms with Crippen LogP contribution in [0.4, 0.5) is 5.69 Å². The molecule has 1 N–H and O–H groups in total. The lowest BCUT2D eigenvalue weighted by atomic mass is 10.1. The predicted molar refractivity (Wildman–Crippen MR) is 119 cm³/mol. The molecule has 3 aromatic rings. The summed E-state index contributed by atoms with van der Waals surface area (Å²) in [7, 11) is -3.34. The van der Waals surface area contributed by atoms with E-state index in [4.69, 9.17) is 4.74 Å². The largest absolute Gasteiger partial charge is 0.453 e. The van der Waals surface area contributed by atoms with E-state index in [9.17, 15) is 18.0 Å². The Labute approximate surface area is 181 Å². The van der Waals surface area contributed by atoms with Crippen molar-refractivity contribution in [3.05, 3.63) is 64.3 Å².